The number of benzene rings is 1. The third-order valence-electron chi connectivity index (χ3n) is 5.10. The van der Waals surface area contributed by atoms with E-state index in [0.717, 1.165) is 32.4 Å². The van der Waals surface area contributed by atoms with Crippen LogP contribution >= 0.6 is 0 Å². The number of carbonyl (C=O) groups is 2. The third-order valence-corrected chi connectivity index (χ3v) is 5.10. The van der Waals surface area contributed by atoms with E-state index in [0.29, 0.717) is 12.0 Å². The zero-order chi connectivity index (χ0) is 17.1. The molecule has 0 bridgehead atoms. The Labute approximate surface area is 144 Å². The number of carbonyl (C=O) groups excluding carboxylic acids is 2. The molecule has 5 heteroatoms. The van der Waals surface area contributed by atoms with Gasteiger partial charge in [-0.05, 0) is 44.2 Å². The zero-order valence-electron chi connectivity index (χ0n) is 14.6. The first-order valence-electron chi connectivity index (χ1n) is 8.88. The van der Waals surface area contributed by atoms with Crippen LogP contribution in [-0.4, -0.2) is 60.4 Å². The minimum absolute atomic E-state index is 0.0228. The van der Waals surface area contributed by atoms with Crippen LogP contribution in [-0.2, 0) is 9.59 Å². The molecule has 24 heavy (non-hydrogen) atoms. The van der Waals surface area contributed by atoms with Gasteiger partial charge in [0.1, 0.15) is 0 Å². The van der Waals surface area contributed by atoms with Crippen LogP contribution < -0.4 is 5.32 Å². The lowest BCUT2D eigenvalue weighted by atomic mass is 9.99. The SMILES string of the molecule is C[C@@H](C(=O)N(C)CC(=O)NC1CC1)N1CC[C@H](c2ccccc2)C1. The Morgan fingerprint density at radius 2 is 1.96 bits per heavy atom. The molecule has 2 atom stereocenters. The van der Waals surface area contributed by atoms with Crippen molar-refractivity contribution in [3.8, 4) is 0 Å². The molecule has 1 saturated carbocycles. The van der Waals surface area contributed by atoms with Crippen molar-refractivity contribution in [2.75, 3.05) is 26.7 Å². The molecule has 0 aromatic heterocycles. The minimum Gasteiger partial charge on any atom is -0.352 e. The van der Waals surface area contributed by atoms with Crippen molar-refractivity contribution < 1.29 is 9.59 Å². The Kier molecular flexibility index (Phi) is 5.19. The van der Waals surface area contributed by atoms with E-state index < -0.39 is 0 Å². The largest absolute Gasteiger partial charge is 0.352 e. The van der Waals surface area contributed by atoms with Crippen molar-refractivity contribution in [3.63, 3.8) is 0 Å². The van der Waals surface area contributed by atoms with Crippen molar-refractivity contribution in [1.82, 2.24) is 15.1 Å². The highest BCUT2D eigenvalue weighted by Crippen LogP contribution is 2.28. The average molecular weight is 329 g/mol. The molecule has 1 aliphatic carbocycles. The van der Waals surface area contributed by atoms with Crippen LogP contribution in [0.5, 0.6) is 0 Å². The molecule has 0 spiro atoms. The highest BCUT2D eigenvalue weighted by atomic mass is 16.2. The van der Waals surface area contributed by atoms with E-state index in [-0.39, 0.29) is 24.4 Å². The van der Waals surface area contributed by atoms with Crippen molar-refractivity contribution in [2.45, 2.75) is 44.2 Å². The van der Waals surface area contributed by atoms with Crippen LogP contribution in [0.15, 0.2) is 30.3 Å². The van der Waals surface area contributed by atoms with Crippen LogP contribution in [0.1, 0.15) is 37.7 Å². The summed E-state index contributed by atoms with van der Waals surface area (Å²) < 4.78 is 0. The van der Waals surface area contributed by atoms with E-state index in [4.69, 9.17) is 0 Å². The van der Waals surface area contributed by atoms with E-state index in [1.807, 2.05) is 13.0 Å². The topological polar surface area (TPSA) is 52.7 Å². The van der Waals surface area contributed by atoms with Gasteiger partial charge in [-0.1, -0.05) is 30.3 Å². The van der Waals surface area contributed by atoms with Crippen molar-refractivity contribution in [3.05, 3.63) is 35.9 Å². The molecule has 1 heterocycles. The molecule has 1 saturated heterocycles. The molecule has 0 unspecified atom stereocenters. The molecule has 1 aromatic rings. The van der Waals surface area contributed by atoms with Gasteiger partial charge in [0.25, 0.3) is 0 Å². The number of hydrogen-bond acceptors (Lipinski definition) is 3. The highest BCUT2D eigenvalue weighted by molar-refractivity contribution is 5.87. The van der Waals surface area contributed by atoms with Crippen molar-refractivity contribution in [2.24, 2.45) is 0 Å². The van der Waals surface area contributed by atoms with Gasteiger partial charge in [0.2, 0.25) is 11.8 Å². The lowest BCUT2D eigenvalue weighted by Crippen LogP contribution is -2.48. The monoisotopic (exact) mass is 329 g/mol. The number of nitrogens with one attached hydrogen (secondary N) is 1. The standard InChI is InChI=1S/C19H27N3O2/c1-14(19(24)21(2)13-18(23)20-17-8-9-17)22-11-10-16(12-22)15-6-4-3-5-7-15/h3-7,14,16-17H,8-13H2,1-2H3,(H,20,23)/t14-,16-/m0/s1. The van der Waals surface area contributed by atoms with E-state index in [9.17, 15) is 9.59 Å². The van der Waals surface area contributed by atoms with Crippen LogP contribution in [0.3, 0.4) is 0 Å². The van der Waals surface area contributed by atoms with E-state index >= 15 is 0 Å². The minimum atomic E-state index is -0.183. The molecule has 1 aromatic carbocycles. The molecule has 2 aliphatic rings. The van der Waals surface area contributed by atoms with Gasteiger partial charge in [-0.2, -0.15) is 0 Å². The van der Waals surface area contributed by atoms with Gasteiger partial charge in [-0.15, -0.1) is 0 Å². The van der Waals surface area contributed by atoms with Crippen molar-refractivity contribution >= 4 is 11.8 Å². The summed E-state index contributed by atoms with van der Waals surface area (Å²) in [5, 5.41) is 2.93. The fraction of sp³-hybridized carbons (Fsp3) is 0.579. The Balaban J connectivity index is 1.50. The molecule has 3 rings (SSSR count). The smallest absolute Gasteiger partial charge is 0.239 e. The maximum absolute atomic E-state index is 12.6. The average Bonchev–Trinajstić information content (AvgIpc) is 3.26. The fourth-order valence-electron chi connectivity index (χ4n) is 3.41. The van der Waals surface area contributed by atoms with Crippen LogP contribution in [0, 0.1) is 0 Å². The molecule has 2 fully saturated rings. The summed E-state index contributed by atoms with van der Waals surface area (Å²) in [6.07, 6.45) is 3.20. The summed E-state index contributed by atoms with van der Waals surface area (Å²) >= 11 is 0. The summed E-state index contributed by atoms with van der Waals surface area (Å²) in [4.78, 5) is 28.3. The molecule has 1 N–H and O–H groups in total. The molecule has 2 amide bonds. The predicted octanol–water partition coefficient (Wildman–Crippen LogP) is 1.60. The van der Waals surface area contributed by atoms with E-state index in [1.165, 1.54) is 5.56 Å². The van der Waals surface area contributed by atoms with Gasteiger partial charge in [0.15, 0.2) is 0 Å². The maximum atomic E-state index is 12.6. The Morgan fingerprint density at radius 3 is 2.62 bits per heavy atom. The maximum Gasteiger partial charge on any atom is 0.239 e. The molecular weight excluding hydrogens is 302 g/mol. The van der Waals surface area contributed by atoms with Gasteiger partial charge in [-0.3, -0.25) is 14.5 Å². The summed E-state index contributed by atoms with van der Waals surface area (Å²) in [5.74, 6) is 0.462. The summed E-state index contributed by atoms with van der Waals surface area (Å²) in [5.41, 5.74) is 1.34. The summed E-state index contributed by atoms with van der Waals surface area (Å²) in [6, 6.07) is 10.6. The first-order chi connectivity index (χ1) is 11.5. The van der Waals surface area contributed by atoms with E-state index in [1.54, 1.807) is 11.9 Å². The number of likely N-dealkylation sites (N-methyl/N-ethyl adjacent to an activating group) is 1. The Hall–Kier alpha value is -1.88. The molecule has 5 nitrogen and oxygen atoms in total. The van der Waals surface area contributed by atoms with Gasteiger partial charge in [0.05, 0.1) is 12.6 Å². The molecular formula is C19H27N3O2. The van der Waals surface area contributed by atoms with Crippen LogP contribution in [0.2, 0.25) is 0 Å². The predicted molar refractivity (Wildman–Crippen MR) is 93.6 cm³/mol. The quantitative estimate of drug-likeness (QED) is 0.862. The van der Waals surface area contributed by atoms with E-state index in [2.05, 4.69) is 34.5 Å². The van der Waals surface area contributed by atoms with Gasteiger partial charge < -0.3 is 10.2 Å². The first kappa shape index (κ1) is 17.0. The second-order valence-electron chi connectivity index (χ2n) is 7.10. The Morgan fingerprint density at radius 1 is 1.25 bits per heavy atom. The van der Waals surface area contributed by atoms with Gasteiger partial charge in [0, 0.05) is 19.6 Å². The second kappa shape index (κ2) is 7.34. The molecule has 1 aliphatic heterocycles. The number of hydrogen-bond donors (Lipinski definition) is 1. The number of amides is 2. The lowest BCUT2D eigenvalue weighted by molar-refractivity contribution is -0.138. The fourth-order valence-corrected chi connectivity index (χ4v) is 3.41. The Bertz CT molecular complexity index is 586. The number of nitrogens with zero attached hydrogens (tertiary/aromatic N) is 2. The number of rotatable bonds is 6. The lowest BCUT2D eigenvalue weighted by Gasteiger charge is -2.27. The molecule has 130 valence electrons. The highest BCUT2D eigenvalue weighted by Gasteiger charge is 2.32. The van der Waals surface area contributed by atoms with Crippen LogP contribution in [0.25, 0.3) is 0 Å². The second-order valence-corrected chi connectivity index (χ2v) is 7.10. The van der Waals surface area contributed by atoms with Crippen LogP contribution in [0.4, 0.5) is 0 Å². The van der Waals surface area contributed by atoms with Gasteiger partial charge >= 0.3 is 0 Å². The normalized spacial score (nSPS) is 22.2. The van der Waals surface area contributed by atoms with Crippen molar-refractivity contribution in [1.29, 1.82) is 0 Å². The molecule has 0 radical (unpaired) electrons. The van der Waals surface area contributed by atoms with Gasteiger partial charge in [-0.25, -0.2) is 0 Å². The zero-order valence-corrected chi connectivity index (χ0v) is 14.6. The number of likely N-dealkylation sites (tertiary alicyclic amines) is 1. The third kappa shape index (κ3) is 4.15. The summed E-state index contributed by atoms with van der Waals surface area (Å²) in [6.45, 7) is 3.92. The first-order valence-corrected chi connectivity index (χ1v) is 8.88. The summed E-state index contributed by atoms with van der Waals surface area (Å²) in [7, 11) is 1.72.